The highest BCUT2D eigenvalue weighted by molar-refractivity contribution is 8.00. The molecule has 1 saturated heterocycles. The zero-order valence-electron chi connectivity index (χ0n) is 9.30. The van der Waals surface area contributed by atoms with Gasteiger partial charge in [-0.2, -0.15) is 0 Å². The molecule has 3 atom stereocenters. The quantitative estimate of drug-likeness (QED) is 0.779. The number of anilines is 1. The van der Waals surface area contributed by atoms with Gasteiger partial charge in [0.05, 0.1) is 0 Å². The van der Waals surface area contributed by atoms with Gasteiger partial charge in [0, 0.05) is 22.2 Å². The molecule has 0 spiro atoms. The molecular formula is C14H17NS. The van der Waals surface area contributed by atoms with Crippen molar-refractivity contribution in [2.75, 3.05) is 5.32 Å². The van der Waals surface area contributed by atoms with Crippen molar-refractivity contribution in [3.8, 4) is 0 Å². The van der Waals surface area contributed by atoms with Crippen molar-refractivity contribution in [3.63, 3.8) is 0 Å². The Morgan fingerprint density at radius 2 is 2.00 bits per heavy atom. The maximum Gasteiger partial charge on any atom is 0.0383 e. The number of benzene rings is 1. The summed E-state index contributed by atoms with van der Waals surface area (Å²) in [6.07, 6.45) is 8.61. The van der Waals surface area contributed by atoms with Gasteiger partial charge in [-0.3, -0.25) is 0 Å². The van der Waals surface area contributed by atoms with Crippen molar-refractivity contribution in [3.05, 3.63) is 42.5 Å². The van der Waals surface area contributed by atoms with E-state index >= 15 is 0 Å². The third-order valence-corrected chi connectivity index (χ3v) is 5.02. The molecule has 1 nitrogen and oxygen atoms in total. The van der Waals surface area contributed by atoms with E-state index < -0.39 is 0 Å². The second kappa shape index (κ2) is 4.54. The summed E-state index contributed by atoms with van der Waals surface area (Å²) in [4.78, 5) is 0. The van der Waals surface area contributed by atoms with E-state index in [0.717, 1.165) is 10.5 Å². The van der Waals surface area contributed by atoms with Crippen molar-refractivity contribution in [1.29, 1.82) is 0 Å². The Labute approximate surface area is 101 Å². The first-order valence-electron chi connectivity index (χ1n) is 6.05. The third kappa shape index (κ3) is 2.12. The second-order valence-electron chi connectivity index (χ2n) is 4.57. The fraction of sp³-hybridized carbons (Fsp3) is 0.429. The normalized spacial score (nSPS) is 32.4. The molecule has 2 aliphatic heterocycles. The van der Waals surface area contributed by atoms with Gasteiger partial charge < -0.3 is 5.32 Å². The van der Waals surface area contributed by atoms with Gasteiger partial charge in [0.25, 0.3) is 0 Å². The van der Waals surface area contributed by atoms with E-state index in [1.54, 1.807) is 0 Å². The summed E-state index contributed by atoms with van der Waals surface area (Å²) in [5.41, 5.74) is 1.26. The van der Waals surface area contributed by atoms with Crippen LogP contribution in [0.1, 0.15) is 19.3 Å². The van der Waals surface area contributed by atoms with Gasteiger partial charge in [-0.1, -0.05) is 30.4 Å². The molecule has 2 aliphatic rings. The second-order valence-corrected chi connectivity index (χ2v) is 6.05. The minimum atomic E-state index is 0.647. The lowest BCUT2D eigenvalue weighted by atomic mass is 9.98. The van der Waals surface area contributed by atoms with Crippen molar-refractivity contribution >= 4 is 17.4 Å². The average molecular weight is 231 g/mol. The average Bonchev–Trinajstić information content (AvgIpc) is 2.35. The summed E-state index contributed by atoms with van der Waals surface area (Å²) < 4.78 is 0. The Morgan fingerprint density at radius 1 is 1.12 bits per heavy atom. The monoisotopic (exact) mass is 231 g/mol. The molecule has 0 aliphatic carbocycles. The number of allylic oxidation sites excluding steroid dienone is 1. The molecule has 2 heterocycles. The van der Waals surface area contributed by atoms with Crippen LogP contribution in [0.2, 0.25) is 0 Å². The van der Waals surface area contributed by atoms with Crippen molar-refractivity contribution in [2.45, 2.75) is 35.8 Å². The number of thioether (sulfide) groups is 1. The van der Waals surface area contributed by atoms with Crippen LogP contribution >= 0.6 is 11.8 Å². The number of hydrogen-bond acceptors (Lipinski definition) is 2. The standard InChI is InChI=1S/C14H17NS/c1-2-5-11(6-3-1)15-13-10-9-12-7-4-8-14(13)16-12/h1-7,12-15H,8-10H2. The summed E-state index contributed by atoms with van der Waals surface area (Å²) in [5.74, 6) is 0. The van der Waals surface area contributed by atoms with Gasteiger partial charge in [-0.25, -0.2) is 0 Å². The van der Waals surface area contributed by atoms with Gasteiger partial charge in [0.15, 0.2) is 0 Å². The van der Waals surface area contributed by atoms with Gasteiger partial charge in [-0.05, 0) is 31.4 Å². The first kappa shape index (κ1) is 10.3. The molecule has 1 fully saturated rings. The Kier molecular flexibility index (Phi) is 2.92. The summed E-state index contributed by atoms with van der Waals surface area (Å²) in [7, 11) is 0. The molecule has 84 valence electrons. The minimum absolute atomic E-state index is 0.647. The van der Waals surface area contributed by atoms with E-state index in [-0.39, 0.29) is 0 Å². The number of nitrogens with one attached hydrogen (secondary N) is 1. The summed E-state index contributed by atoms with van der Waals surface area (Å²) in [5, 5.41) is 5.23. The lowest BCUT2D eigenvalue weighted by Crippen LogP contribution is -2.38. The molecule has 0 saturated carbocycles. The van der Waals surface area contributed by atoms with E-state index in [1.165, 1.54) is 24.9 Å². The molecule has 3 unspecified atom stereocenters. The van der Waals surface area contributed by atoms with Crippen LogP contribution in [-0.4, -0.2) is 16.5 Å². The number of hydrogen-bond donors (Lipinski definition) is 1. The highest BCUT2D eigenvalue weighted by Gasteiger charge is 2.31. The van der Waals surface area contributed by atoms with Crippen LogP contribution in [0.3, 0.4) is 0 Å². The fourth-order valence-electron chi connectivity index (χ4n) is 2.56. The van der Waals surface area contributed by atoms with Gasteiger partial charge >= 0.3 is 0 Å². The van der Waals surface area contributed by atoms with E-state index in [2.05, 4.69) is 59.6 Å². The van der Waals surface area contributed by atoms with Crippen LogP contribution in [-0.2, 0) is 0 Å². The van der Waals surface area contributed by atoms with Crippen molar-refractivity contribution in [1.82, 2.24) is 0 Å². The maximum atomic E-state index is 3.68. The lowest BCUT2D eigenvalue weighted by Gasteiger charge is -2.37. The highest BCUT2D eigenvalue weighted by atomic mass is 32.2. The fourth-order valence-corrected chi connectivity index (χ4v) is 4.10. The molecule has 1 aromatic carbocycles. The molecule has 2 bridgehead atoms. The van der Waals surface area contributed by atoms with Gasteiger partial charge in [0.1, 0.15) is 0 Å². The first-order valence-corrected chi connectivity index (χ1v) is 7.00. The van der Waals surface area contributed by atoms with Crippen molar-refractivity contribution in [2.24, 2.45) is 0 Å². The molecule has 2 heteroatoms. The van der Waals surface area contributed by atoms with E-state index in [4.69, 9.17) is 0 Å². The molecule has 0 amide bonds. The third-order valence-electron chi connectivity index (χ3n) is 3.41. The molecule has 3 rings (SSSR count). The Balaban J connectivity index is 1.70. The van der Waals surface area contributed by atoms with E-state index in [1.807, 2.05) is 0 Å². The SMILES string of the molecule is C1=CC2CCC(Nc3ccccc3)C(C1)S2. The highest BCUT2D eigenvalue weighted by Crippen LogP contribution is 2.39. The zero-order valence-corrected chi connectivity index (χ0v) is 10.1. The molecule has 16 heavy (non-hydrogen) atoms. The van der Waals surface area contributed by atoms with Crippen LogP contribution in [0.5, 0.6) is 0 Å². The van der Waals surface area contributed by atoms with Crippen LogP contribution in [0, 0.1) is 0 Å². The number of rotatable bonds is 2. The maximum absolute atomic E-state index is 3.68. The van der Waals surface area contributed by atoms with E-state index in [0.29, 0.717) is 6.04 Å². The molecule has 0 aromatic heterocycles. The predicted molar refractivity (Wildman–Crippen MR) is 72.0 cm³/mol. The minimum Gasteiger partial charge on any atom is -0.381 e. The predicted octanol–water partition coefficient (Wildman–Crippen LogP) is 3.69. The molecular weight excluding hydrogens is 214 g/mol. The van der Waals surface area contributed by atoms with Crippen molar-refractivity contribution < 1.29 is 0 Å². The summed E-state index contributed by atoms with van der Waals surface area (Å²) >= 11 is 2.15. The smallest absolute Gasteiger partial charge is 0.0383 e. The van der Waals surface area contributed by atoms with Crippen LogP contribution in [0.15, 0.2) is 42.5 Å². The molecule has 0 radical (unpaired) electrons. The zero-order chi connectivity index (χ0) is 10.8. The summed E-state index contributed by atoms with van der Waals surface area (Å²) in [6, 6.07) is 11.2. The number of fused-ring (bicyclic) bond motifs is 2. The summed E-state index contributed by atoms with van der Waals surface area (Å²) in [6.45, 7) is 0. The largest absolute Gasteiger partial charge is 0.381 e. The molecule has 1 N–H and O–H groups in total. The van der Waals surface area contributed by atoms with E-state index in [9.17, 15) is 0 Å². The Morgan fingerprint density at radius 3 is 2.88 bits per heavy atom. The first-order chi connectivity index (χ1) is 7.92. The Hall–Kier alpha value is -0.890. The van der Waals surface area contributed by atoms with Crippen LogP contribution in [0.4, 0.5) is 5.69 Å². The van der Waals surface area contributed by atoms with Crippen LogP contribution < -0.4 is 5.32 Å². The number of para-hydroxylation sites is 1. The van der Waals surface area contributed by atoms with Crippen LogP contribution in [0.25, 0.3) is 0 Å². The molecule has 1 aromatic rings. The van der Waals surface area contributed by atoms with Gasteiger partial charge in [0.2, 0.25) is 0 Å². The van der Waals surface area contributed by atoms with Gasteiger partial charge in [-0.15, -0.1) is 11.8 Å². The topological polar surface area (TPSA) is 12.0 Å². The Bertz CT molecular complexity index is 374. The lowest BCUT2D eigenvalue weighted by molar-refractivity contribution is 0.564.